The molecule has 1 aromatic heterocycles. The molecule has 0 radical (unpaired) electrons. The van der Waals surface area contributed by atoms with Gasteiger partial charge in [0.25, 0.3) is 0 Å². The van der Waals surface area contributed by atoms with Crippen LogP contribution >= 0.6 is 15.9 Å². The minimum Gasteiger partial charge on any atom is -0.762 e. The monoisotopic (exact) mass is 473 g/mol. The van der Waals surface area contributed by atoms with Crippen LogP contribution in [0.3, 0.4) is 0 Å². The Morgan fingerprint density at radius 3 is 2.48 bits per heavy atom. The maximum absolute atomic E-state index is 12.0. The molecule has 1 aliphatic heterocycles. The van der Waals surface area contributed by atoms with Crippen LogP contribution in [0, 0.1) is 35.5 Å². The van der Waals surface area contributed by atoms with Gasteiger partial charge in [-0.25, -0.2) is 5.87 Å². The zero-order valence-corrected chi connectivity index (χ0v) is 18.5. The molecule has 154 valence electrons. The van der Waals surface area contributed by atoms with Crippen molar-refractivity contribution in [3.63, 3.8) is 0 Å². The topological polar surface area (TPSA) is 106 Å². The van der Waals surface area contributed by atoms with Gasteiger partial charge in [0.2, 0.25) is 11.8 Å². The molecule has 3 unspecified atom stereocenters. The van der Waals surface area contributed by atoms with Gasteiger partial charge in [0.05, 0.1) is 28.8 Å². The molecule has 0 amide bonds. The lowest BCUT2D eigenvalue weighted by Gasteiger charge is -2.43. The number of aromatic nitrogens is 1. The number of pyridine rings is 1. The molecule has 1 aromatic carbocycles. The summed E-state index contributed by atoms with van der Waals surface area (Å²) in [6, 6.07) is 17.0. The largest absolute Gasteiger partial charge is 0.762 e. The lowest BCUT2D eigenvalue weighted by atomic mass is 9.73. The van der Waals surface area contributed by atoms with E-state index in [1.807, 2.05) is 72.1 Å². The van der Waals surface area contributed by atoms with E-state index in [1.54, 1.807) is 0 Å². The molecule has 6 nitrogen and oxygen atoms in total. The average molecular weight is 474 g/mol. The number of allylic oxidation sites excluding steroid dienone is 2. The van der Waals surface area contributed by atoms with E-state index < -0.39 is 17.7 Å². The highest BCUT2D eigenvalue weighted by atomic mass is 79.9. The van der Waals surface area contributed by atoms with Crippen LogP contribution < -0.4 is 9.88 Å². The van der Waals surface area contributed by atoms with E-state index in [2.05, 4.69) is 27.3 Å². The van der Waals surface area contributed by atoms with Gasteiger partial charge in [-0.3, -0.25) is 0 Å². The van der Waals surface area contributed by atoms with E-state index >= 15 is 0 Å². The number of hydrogen-bond donors (Lipinski definition) is 2. The third-order valence-electron chi connectivity index (χ3n) is 6.10. The van der Waals surface area contributed by atoms with Crippen molar-refractivity contribution < 1.29 is 9.67 Å². The second-order valence-corrected chi connectivity index (χ2v) is 8.86. The maximum atomic E-state index is 12.0. The van der Waals surface area contributed by atoms with Crippen molar-refractivity contribution >= 4 is 21.8 Å². The summed E-state index contributed by atoms with van der Waals surface area (Å²) in [5.74, 6) is 1.28. The molecule has 31 heavy (non-hydrogen) atoms. The van der Waals surface area contributed by atoms with Gasteiger partial charge in [0.1, 0.15) is 6.07 Å². The summed E-state index contributed by atoms with van der Waals surface area (Å²) in [7, 11) is 0. The molecular formula is C24H20BrN5O. The average Bonchev–Trinajstić information content (AvgIpc) is 3.62. The lowest BCUT2D eigenvalue weighted by molar-refractivity contribution is -0.747. The predicted molar refractivity (Wildman–Crippen MR) is 118 cm³/mol. The molecule has 2 heterocycles. The smallest absolute Gasteiger partial charge is 0.217 e. The van der Waals surface area contributed by atoms with Gasteiger partial charge in [-0.15, -0.1) is 0 Å². The molecule has 2 aliphatic rings. The van der Waals surface area contributed by atoms with Crippen molar-refractivity contribution in [2.24, 2.45) is 5.92 Å². The lowest BCUT2D eigenvalue weighted by Crippen LogP contribution is -2.66. The maximum Gasteiger partial charge on any atom is 0.217 e. The molecule has 1 fully saturated rings. The molecule has 0 saturated heterocycles. The van der Waals surface area contributed by atoms with Gasteiger partial charge in [0, 0.05) is 29.4 Å². The third-order valence-corrected chi connectivity index (χ3v) is 6.63. The number of aliphatic hydroxyl groups is 1. The zero-order valence-electron chi connectivity index (χ0n) is 16.9. The molecule has 2 N–H and O–H groups in total. The molecule has 3 atom stereocenters. The van der Waals surface area contributed by atoms with E-state index in [1.165, 1.54) is 0 Å². The first-order chi connectivity index (χ1) is 14.9. The number of nitrogens with zero attached hydrogens (tertiary/aromatic N) is 4. The van der Waals surface area contributed by atoms with Crippen molar-refractivity contribution in [3.8, 4) is 12.1 Å². The predicted octanol–water partition coefficient (Wildman–Crippen LogP) is 3.54. The van der Waals surface area contributed by atoms with Crippen LogP contribution in [0.25, 0.3) is 5.41 Å². The Kier molecular flexibility index (Phi) is 5.52. The minimum atomic E-state index is -1.43. The fourth-order valence-corrected chi connectivity index (χ4v) is 4.74. The SMILES string of the molecule is Cc1cccc[n+]1C1C(c2ccc(Br)cc2)C(C#N)=C(C(=C=[N-])C#N)NC1(O)C1CC1. The van der Waals surface area contributed by atoms with Crippen LogP contribution in [0.15, 0.2) is 70.0 Å². The first-order valence-electron chi connectivity index (χ1n) is 9.99. The second-order valence-electron chi connectivity index (χ2n) is 7.95. The van der Waals surface area contributed by atoms with Crippen molar-refractivity contribution in [1.82, 2.24) is 5.32 Å². The molecule has 2 aromatic rings. The van der Waals surface area contributed by atoms with Gasteiger partial charge in [-0.2, -0.15) is 15.1 Å². The Labute approximate surface area is 189 Å². The van der Waals surface area contributed by atoms with Crippen LogP contribution in [-0.4, -0.2) is 16.7 Å². The van der Waals surface area contributed by atoms with Gasteiger partial charge in [-0.1, -0.05) is 34.1 Å². The summed E-state index contributed by atoms with van der Waals surface area (Å²) in [6.45, 7) is 1.96. The molecule has 0 bridgehead atoms. The molecule has 1 saturated carbocycles. The van der Waals surface area contributed by atoms with Crippen molar-refractivity contribution in [1.29, 1.82) is 10.5 Å². The second kappa shape index (κ2) is 8.13. The molecule has 0 spiro atoms. The Hall–Kier alpha value is -3.22. The Bertz CT molecular complexity index is 1200. The van der Waals surface area contributed by atoms with Crippen molar-refractivity contribution in [2.45, 2.75) is 37.5 Å². The highest BCUT2D eigenvalue weighted by Crippen LogP contribution is 2.52. The number of rotatable bonds is 4. The van der Waals surface area contributed by atoms with E-state index in [9.17, 15) is 21.0 Å². The standard InChI is InChI=1S/C24H20BrN5O/c1-15-4-2-3-11-30(15)23-21(16-5-9-19(25)10-6-16)20(14-28)22(17(12-26)13-27)29-24(23,31)18-7-8-18/h2-6,9-11,18,21,23,29,31H,7-8H2,1H3. The Morgan fingerprint density at radius 1 is 1.23 bits per heavy atom. The number of hydrogen-bond acceptors (Lipinski definition) is 4. The first-order valence-corrected chi connectivity index (χ1v) is 10.8. The van der Waals surface area contributed by atoms with E-state index in [0.717, 1.165) is 28.6 Å². The summed E-state index contributed by atoms with van der Waals surface area (Å²) < 4.78 is 2.89. The fraction of sp³-hybridized carbons (Fsp3) is 0.292. The van der Waals surface area contributed by atoms with Crippen LogP contribution in [0.1, 0.15) is 36.1 Å². The highest BCUT2D eigenvalue weighted by Gasteiger charge is 2.61. The quantitative estimate of drug-likeness (QED) is 0.402. The summed E-state index contributed by atoms with van der Waals surface area (Å²) >= 11 is 3.45. The van der Waals surface area contributed by atoms with Crippen molar-refractivity contribution in [3.05, 3.63) is 86.6 Å². The summed E-state index contributed by atoms with van der Waals surface area (Å²) in [4.78, 5) is 0. The van der Waals surface area contributed by atoms with E-state index in [-0.39, 0.29) is 22.8 Å². The fourth-order valence-electron chi connectivity index (χ4n) is 4.48. The van der Waals surface area contributed by atoms with E-state index in [0.29, 0.717) is 0 Å². The van der Waals surface area contributed by atoms with Crippen LogP contribution in [0.5, 0.6) is 0 Å². The third kappa shape index (κ3) is 3.58. The van der Waals surface area contributed by atoms with Gasteiger partial charge in [-0.05, 0) is 30.5 Å². The first kappa shape index (κ1) is 21.0. The van der Waals surface area contributed by atoms with Crippen LogP contribution in [0.4, 0.5) is 0 Å². The highest BCUT2D eigenvalue weighted by molar-refractivity contribution is 9.10. The number of nitrogens with one attached hydrogen (secondary N) is 1. The minimum absolute atomic E-state index is 0.0589. The Morgan fingerprint density at radius 2 is 1.94 bits per heavy atom. The van der Waals surface area contributed by atoms with Gasteiger partial charge in [0.15, 0.2) is 11.9 Å². The number of halogens is 1. The number of aryl methyl sites for hydroxylation is 1. The number of benzene rings is 1. The normalized spacial score (nSPS) is 25.1. The van der Waals surface area contributed by atoms with Crippen molar-refractivity contribution in [2.75, 3.05) is 0 Å². The zero-order chi connectivity index (χ0) is 22.2. The van der Waals surface area contributed by atoms with Crippen LogP contribution in [0.2, 0.25) is 0 Å². The van der Waals surface area contributed by atoms with E-state index in [4.69, 9.17) is 0 Å². The molecule has 4 rings (SSSR count). The molecular weight excluding hydrogens is 454 g/mol. The summed E-state index contributed by atoms with van der Waals surface area (Å²) in [5.41, 5.74) is 0.524. The van der Waals surface area contributed by atoms with Gasteiger partial charge >= 0.3 is 0 Å². The van der Waals surface area contributed by atoms with Gasteiger partial charge < -0.3 is 15.8 Å². The van der Waals surface area contributed by atoms with Crippen LogP contribution in [-0.2, 0) is 0 Å². The molecule has 1 aliphatic carbocycles. The molecule has 7 heteroatoms. The summed E-state index contributed by atoms with van der Waals surface area (Å²) in [5, 5.41) is 44.4. The Balaban J connectivity index is 2.06. The number of nitriles is 2. The summed E-state index contributed by atoms with van der Waals surface area (Å²) in [6.07, 6.45) is 3.55.